The van der Waals surface area contributed by atoms with Crippen LogP contribution in [-0.2, 0) is 4.43 Å². The van der Waals surface area contributed by atoms with E-state index in [1.54, 1.807) is 0 Å². The highest BCUT2D eigenvalue weighted by atomic mass is 35.6. The molecular formula is C25H37ClN2OSi. The summed E-state index contributed by atoms with van der Waals surface area (Å²) < 4.78 is 9.39. The van der Waals surface area contributed by atoms with Gasteiger partial charge < -0.3 is 8.99 Å². The van der Waals surface area contributed by atoms with E-state index < -0.39 is 7.79 Å². The number of hydrogen-bond donors (Lipinski definition) is 0. The number of nitrogens with zero attached hydrogens (tertiary/aromatic N) is 2. The second-order valence-electron chi connectivity index (χ2n) is 12.2. The Bertz CT molecular complexity index is 828. The molecule has 1 aliphatic heterocycles. The highest BCUT2D eigenvalue weighted by molar-refractivity contribution is 7.22. The van der Waals surface area contributed by atoms with Crippen LogP contribution in [0.2, 0.25) is 0 Å². The van der Waals surface area contributed by atoms with Crippen molar-refractivity contribution in [1.29, 1.82) is 0 Å². The predicted octanol–water partition coefficient (Wildman–Crippen LogP) is 6.27. The van der Waals surface area contributed by atoms with Crippen molar-refractivity contribution in [2.24, 2.45) is 28.7 Å². The quantitative estimate of drug-likeness (QED) is 0.176. The van der Waals surface area contributed by atoms with Crippen LogP contribution in [0.25, 0.3) is 0 Å². The summed E-state index contributed by atoms with van der Waals surface area (Å²) in [6, 6.07) is 10.6. The van der Waals surface area contributed by atoms with Crippen molar-refractivity contribution in [3.8, 4) is 0 Å². The van der Waals surface area contributed by atoms with Gasteiger partial charge in [0.1, 0.15) is 11.1 Å². The smallest absolute Gasteiger partial charge is 0.376 e. The lowest BCUT2D eigenvalue weighted by Gasteiger charge is -2.55. The van der Waals surface area contributed by atoms with Gasteiger partial charge >= 0.3 is 7.79 Å². The molecule has 0 amide bonds. The fraction of sp³-hybridized carbons (Fsp3) is 0.720. The molecule has 3 nitrogen and oxygen atoms in total. The topological polar surface area (TPSA) is 28.1 Å². The van der Waals surface area contributed by atoms with Crippen molar-refractivity contribution in [2.75, 3.05) is 0 Å². The molecule has 164 valence electrons. The normalized spacial score (nSPS) is 40.2. The molecule has 0 aromatic heterocycles. The minimum Gasteiger partial charge on any atom is -0.376 e. The molecule has 0 radical (unpaired) electrons. The summed E-state index contributed by atoms with van der Waals surface area (Å²) in [5, 5.41) is -0.0807. The Kier molecular flexibility index (Phi) is 4.62. The first-order valence-electron chi connectivity index (χ1n) is 11.8. The average molecular weight is 445 g/mol. The summed E-state index contributed by atoms with van der Waals surface area (Å²) in [5.74, 6) is 4.14. The van der Waals surface area contributed by atoms with Crippen LogP contribution in [0.3, 0.4) is 0 Å². The fourth-order valence-electron chi connectivity index (χ4n) is 7.01. The first-order valence-corrected chi connectivity index (χ1v) is 14.7. The van der Waals surface area contributed by atoms with Crippen LogP contribution in [-0.4, -0.2) is 34.5 Å². The number of aliphatic imine (C=N–C) groups is 1. The van der Waals surface area contributed by atoms with Crippen LogP contribution in [0.5, 0.6) is 0 Å². The molecule has 30 heavy (non-hydrogen) atoms. The van der Waals surface area contributed by atoms with E-state index in [0.29, 0.717) is 11.8 Å². The molecule has 1 atom stereocenters. The molecule has 6 rings (SSSR count). The molecule has 1 unspecified atom stereocenters. The standard InChI is InChI=1S/C25H37ClN2OSi/c1-23(2,3)27-22(19-10-8-7-9-11-19)28(24(4,5)6)30(26)25(29-30)20-13-17-12-18(15-20)16-21(25)14-17/h7-11,17-18,20-21H,12-16H2,1-6H3. The van der Waals surface area contributed by atoms with Gasteiger partial charge in [-0.25, -0.2) is 0 Å². The Balaban J connectivity index is 1.61. The zero-order valence-electron chi connectivity index (χ0n) is 19.4. The highest BCUT2D eigenvalue weighted by Crippen LogP contribution is 2.71. The van der Waals surface area contributed by atoms with Gasteiger partial charge in [-0.1, -0.05) is 30.3 Å². The molecule has 1 spiro atoms. The molecule has 1 aromatic rings. The van der Waals surface area contributed by atoms with Crippen LogP contribution in [0.4, 0.5) is 0 Å². The first-order chi connectivity index (χ1) is 13.9. The number of halogens is 1. The lowest BCUT2D eigenvalue weighted by molar-refractivity contribution is -0.0549. The third kappa shape index (κ3) is 3.12. The third-order valence-corrected chi connectivity index (χ3v) is 13.1. The molecule has 5 heteroatoms. The highest BCUT2D eigenvalue weighted by Gasteiger charge is 2.85. The van der Waals surface area contributed by atoms with Gasteiger partial charge in [-0.05, 0) is 97.3 Å². The second kappa shape index (κ2) is 6.58. The van der Waals surface area contributed by atoms with Gasteiger partial charge in [-0.3, -0.25) is 4.99 Å². The average Bonchev–Trinajstić information content (AvgIpc) is 3.24. The van der Waals surface area contributed by atoms with Crippen molar-refractivity contribution in [1.82, 2.24) is 4.57 Å². The number of rotatable bonds is 2. The van der Waals surface area contributed by atoms with Crippen molar-refractivity contribution >= 4 is 24.7 Å². The minimum atomic E-state index is -2.70. The van der Waals surface area contributed by atoms with E-state index >= 15 is 0 Å². The predicted molar refractivity (Wildman–Crippen MR) is 127 cm³/mol. The van der Waals surface area contributed by atoms with Crippen LogP contribution >= 0.6 is 11.1 Å². The van der Waals surface area contributed by atoms with Crippen molar-refractivity contribution in [2.45, 2.75) is 89.9 Å². The summed E-state index contributed by atoms with van der Waals surface area (Å²) in [6.45, 7) is 13.3. The number of amidine groups is 1. The Hall–Kier alpha value is -0.843. The first kappa shape index (κ1) is 21.0. The fourth-order valence-corrected chi connectivity index (χ4v) is 13.8. The van der Waals surface area contributed by atoms with Gasteiger partial charge in [0.05, 0.1) is 5.54 Å². The summed E-state index contributed by atoms with van der Waals surface area (Å²) in [4.78, 5) is 5.26. The molecule has 4 saturated carbocycles. The molecule has 1 heterocycles. The number of hydrogen-bond acceptors (Lipinski definition) is 2. The van der Waals surface area contributed by atoms with Crippen molar-refractivity contribution in [3.05, 3.63) is 35.9 Å². The van der Waals surface area contributed by atoms with Crippen molar-refractivity contribution in [3.63, 3.8) is 0 Å². The van der Waals surface area contributed by atoms with Crippen LogP contribution < -0.4 is 0 Å². The van der Waals surface area contributed by atoms with Crippen LogP contribution in [0.15, 0.2) is 35.3 Å². The molecule has 5 aliphatic rings. The maximum absolute atomic E-state index is 7.73. The zero-order valence-corrected chi connectivity index (χ0v) is 21.2. The Morgan fingerprint density at radius 2 is 1.50 bits per heavy atom. The van der Waals surface area contributed by atoms with E-state index in [1.165, 1.54) is 32.1 Å². The number of benzene rings is 1. The lowest BCUT2D eigenvalue weighted by atomic mass is 9.55. The molecule has 1 saturated heterocycles. The largest absolute Gasteiger partial charge is 0.438 e. The maximum Gasteiger partial charge on any atom is 0.438 e. The maximum atomic E-state index is 7.73. The Morgan fingerprint density at radius 3 is 1.97 bits per heavy atom. The van der Waals surface area contributed by atoms with Crippen molar-refractivity contribution < 1.29 is 4.43 Å². The van der Waals surface area contributed by atoms with Crippen LogP contribution in [0.1, 0.15) is 79.2 Å². The van der Waals surface area contributed by atoms with Gasteiger partial charge in [0.15, 0.2) is 0 Å². The molecule has 4 bridgehead atoms. The van der Waals surface area contributed by atoms with E-state index in [-0.39, 0.29) is 16.3 Å². The molecular weight excluding hydrogens is 408 g/mol. The Labute approximate surface area is 188 Å². The van der Waals surface area contributed by atoms with Gasteiger partial charge in [0, 0.05) is 11.1 Å². The van der Waals surface area contributed by atoms with E-state index in [1.807, 2.05) is 0 Å². The van der Waals surface area contributed by atoms with E-state index in [9.17, 15) is 0 Å². The molecule has 1 aromatic carbocycles. The van der Waals surface area contributed by atoms with E-state index in [0.717, 1.165) is 23.2 Å². The summed E-state index contributed by atoms with van der Waals surface area (Å²) in [7, 11) is -2.70. The molecule has 0 N–H and O–H groups in total. The monoisotopic (exact) mass is 444 g/mol. The summed E-state index contributed by atoms with van der Waals surface area (Å²) in [5.41, 5.74) is 0.790. The Morgan fingerprint density at radius 1 is 0.967 bits per heavy atom. The summed E-state index contributed by atoms with van der Waals surface area (Å²) >= 11 is 7.73. The van der Waals surface area contributed by atoms with Crippen LogP contribution in [0, 0.1) is 23.7 Å². The van der Waals surface area contributed by atoms with E-state index in [4.69, 9.17) is 20.5 Å². The summed E-state index contributed by atoms with van der Waals surface area (Å²) in [6.07, 6.45) is 6.74. The second-order valence-corrected chi connectivity index (χ2v) is 16.3. The van der Waals surface area contributed by atoms with E-state index in [2.05, 4.69) is 76.4 Å². The minimum absolute atomic E-state index is 0.0807. The van der Waals surface area contributed by atoms with Gasteiger partial charge in [0.2, 0.25) is 0 Å². The SMILES string of the molecule is CC(C)(C)N=C(c1ccccc1)N(C(C)(C)C)[Si]1(Cl)OC12C1CC3CC(C1)CC2C3. The van der Waals surface area contributed by atoms with Gasteiger partial charge in [0.25, 0.3) is 0 Å². The van der Waals surface area contributed by atoms with Gasteiger partial charge in [-0.15, -0.1) is 11.1 Å². The zero-order chi connectivity index (χ0) is 21.5. The van der Waals surface area contributed by atoms with Gasteiger partial charge in [-0.2, -0.15) is 0 Å². The lowest BCUT2D eigenvalue weighted by Crippen LogP contribution is -2.63. The molecule has 4 aliphatic carbocycles. The molecule has 5 fully saturated rings. The third-order valence-electron chi connectivity index (χ3n) is 7.74.